The van der Waals surface area contributed by atoms with Gasteiger partial charge < -0.3 is 4.52 Å². The molecular weight excluding hydrogens is 352 g/mol. The van der Waals surface area contributed by atoms with Crippen LogP contribution in [0.3, 0.4) is 0 Å². The van der Waals surface area contributed by atoms with Crippen LogP contribution in [-0.4, -0.2) is 25.9 Å². The summed E-state index contributed by atoms with van der Waals surface area (Å²) in [5.74, 6) is 1.19. The summed E-state index contributed by atoms with van der Waals surface area (Å²) < 4.78 is 5.03. The van der Waals surface area contributed by atoms with Gasteiger partial charge in [0.25, 0.3) is 0 Å². The van der Waals surface area contributed by atoms with Gasteiger partial charge in [0, 0.05) is 37.7 Å². The Morgan fingerprint density at radius 3 is 2.46 bits per heavy atom. The third kappa shape index (κ3) is 4.17. The second-order valence-corrected chi connectivity index (χ2v) is 6.50. The molecule has 4 aromatic rings. The summed E-state index contributed by atoms with van der Waals surface area (Å²) in [6.07, 6.45) is 4.20. The summed E-state index contributed by atoms with van der Waals surface area (Å²) in [4.78, 5) is 25.4. The summed E-state index contributed by atoms with van der Waals surface area (Å²) in [6.45, 7) is 1.75. The Morgan fingerprint density at radius 2 is 1.75 bits per heavy atom. The van der Waals surface area contributed by atoms with Crippen LogP contribution in [0.1, 0.15) is 17.0 Å². The highest BCUT2D eigenvalue weighted by atomic mass is 16.5. The van der Waals surface area contributed by atoms with Gasteiger partial charge in [0.2, 0.25) is 11.7 Å². The van der Waals surface area contributed by atoms with E-state index in [1.54, 1.807) is 19.3 Å². The van der Waals surface area contributed by atoms with Gasteiger partial charge >= 0.3 is 0 Å². The molecule has 0 aliphatic rings. The molecule has 0 N–H and O–H groups in total. The molecule has 0 radical (unpaired) electrons. The molecule has 0 spiro atoms. The average Bonchev–Trinajstić information content (AvgIpc) is 3.16. The topological polar surface area (TPSA) is 81.8 Å². The predicted molar refractivity (Wildman–Crippen MR) is 104 cm³/mol. The fraction of sp³-hybridized carbons (Fsp3) is 0.136. The number of pyridine rings is 2. The molecule has 138 valence electrons. The maximum Gasteiger partial charge on any atom is 0.223 e. The van der Waals surface area contributed by atoms with Crippen LogP contribution in [0.5, 0.6) is 0 Å². The number of carbonyl (C=O) groups excluding carboxylic acids is 1. The lowest BCUT2D eigenvalue weighted by Gasteiger charge is -2.04. The lowest BCUT2D eigenvalue weighted by molar-refractivity contribution is -0.117. The molecule has 0 unspecified atom stereocenters. The van der Waals surface area contributed by atoms with E-state index in [9.17, 15) is 4.79 Å². The van der Waals surface area contributed by atoms with Crippen LogP contribution in [0.4, 0.5) is 0 Å². The van der Waals surface area contributed by atoms with Gasteiger partial charge in [0.1, 0.15) is 5.78 Å². The minimum absolute atomic E-state index is 0.161. The molecule has 6 heteroatoms. The van der Waals surface area contributed by atoms with Gasteiger partial charge in [0.15, 0.2) is 0 Å². The van der Waals surface area contributed by atoms with Gasteiger partial charge in [-0.25, -0.2) is 0 Å². The fourth-order valence-electron chi connectivity index (χ4n) is 2.92. The molecular formula is C22H18N4O2. The monoisotopic (exact) mass is 370 g/mol. The predicted octanol–water partition coefficient (Wildman–Crippen LogP) is 3.86. The second kappa shape index (κ2) is 7.92. The van der Waals surface area contributed by atoms with Crippen molar-refractivity contribution in [2.45, 2.75) is 19.8 Å². The largest absolute Gasteiger partial charge is 0.339 e. The molecule has 0 amide bonds. The normalized spacial score (nSPS) is 10.8. The van der Waals surface area contributed by atoms with Crippen LogP contribution in [0.25, 0.3) is 22.8 Å². The molecule has 0 bridgehead atoms. The standard InChI is InChI=1S/C22H18N4O2/c1-15-25-22(26-28-15)18-9-10-23-21(13-18)20-8-7-17(14-24-20)12-19(27)11-16-5-3-2-4-6-16/h2-10,13-14H,11-12H2,1H3. The van der Waals surface area contributed by atoms with Crippen LogP contribution in [-0.2, 0) is 17.6 Å². The van der Waals surface area contributed by atoms with Crippen LogP contribution >= 0.6 is 0 Å². The van der Waals surface area contributed by atoms with Gasteiger partial charge in [-0.2, -0.15) is 4.98 Å². The highest BCUT2D eigenvalue weighted by Crippen LogP contribution is 2.21. The minimum atomic E-state index is 0.161. The summed E-state index contributed by atoms with van der Waals surface area (Å²) in [5, 5.41) is 3.93. The highest BCUT2D eigenvalue weighted by Gasteiger charge is 2.10. The number of Topliss-reactive ketones (excluding diaryl/α,β-unsaturated/α-hetero) is 1. The van der Waals surface area contributed by atoms with Crippen molar-refractivity contribution in [1.29, 1.82) is 0 Å². The Labute approximate surface area is 162 Å². The summed E-state index contributed by atoms with van der Waals surface area (Å²) in [7, 11) is 0. The van der Waals surface area contributed by atoms with Gasteiger partial charge in [-0.1, -0.05) is 41.6 Å². The molecule has 3 heterocycles. The summed E-state index contributed by atoms with van der Waals surface area (Å²) >= 11 is 0. The van der Waals surface area contributed by atoms with Gasteiger partial charge in [0.05, 0.1) is 11.4 Å². The van der Waals surface area contributed by atoms with Crippen molar-refractivity contribution < 1.29 is 9.32 Å². The van der Waals surface area contributed by atoms with E-state index in [2.05, 4.69) is 20.1 Å². The maximum atomic E-state index is 12.3. The zero-order chi connectivity index (χ0) is 19.3. The van der Waals surface area contributed by atoms with E-state index in [-0.39, 0.29) is 5.78 Å². The number of hydrogen-bond acceptors (Lipinski definition) is 6. The molecule has 28 heavy (non-hydrogen) atoms. The van der Waals surface area contributed by atoms with E-state index in [1.165, 1.54) is 0 Å². The Kier molecular flexibility index (Phi) is 5.01. The summed E-state index contributed by atoms with van der Waals surface area (Å²) in [6, 6.07) is 17.2. The van der Waals surface area contributed by atoms with Crippen LogP contribution in [0, 0.1) is 6.92 Å². The molecule has 0 saturated carbocycles. The van der Waals surface area contributed by atoms with Gasteiger partial charge in [-0.05, 0) is 29.3 Å². The van der Waals surface area contributed by atoms with E-state index >= 15 is 0 Å². The van der Waals surface area contributed by atoms with E-state index in [0.29, 0.717) is 30.3 Å². The van der Waals surface area contributed by atoms with E-state index in [0.717, 1.165) is 22.4 Å². The summed E-state index contributed by atoms with van der Waals surface area (Å²) in [5.41, 5.74) is 4.15. The van der Waals surface area contributed by atoms with Crippen molar-refractivity contribution in [2.24, 2.45) is 0 Å². The zero-order valence-electron chi connectivity index (χ0n) is 15.4. The number of aromatic nitrogens is 4. The SMILES string of the molecule is Cc1nc(-c2ccnc(-c3ccc(CC(=O)Cc4ccccc4)cn3)c2)no1. The van der Waals surface area contributed by atoms with Crippen LogP contribution in [0.2, 0.25) is 0 Å². The second-order valence-electron chi connectivity index (χ2n) is 6.50. The van der Waals surface area contributed by atoms with Crippen molar-refractivity contribution in [2.75, 3.05) is 0 Å². The Hall–Kier alpha value is -3.67. The van der Waals surface area contributed by atoms with E-state index < -0.39 is 0 Å². The molecule has 0 saturated heterocycles. The lowest BCUT2D eigenvalue weighted by atomic mass is 10.0. The van der Waals surface area contributed by atoms with Crippen molar-refractivity contribution in [1.82, 2.24) is 20.1 Å². The van der Waals surface area contributed by atoms with Gasteiger partial charge in [-0.15, -0.1) is 0 Å². The molecule has 4 rings (SSSR count). The smallest absolute Gasteiger partial charge is 0.223 e. The fourth-order valence-corrected chi connectivity index (χ4v) is 2.92. The highest BCUT2D eigenvalue weighted by molar-refractivity contribution is 5.83. The number of hydrogen-bond donors (Lipinski definition) is 0. The zero-order valence-corrected chi connectivity index (χ0v) is 15.4. The van der Waals surface area contributed by atoms with Crippen LogP contribution in [0.15, 0.2) is 71.5 Å². The molecule has 1 aromatic carbocycles. The first kappa shape index (κ1) is 17.7. The molecule has 0 atom stereocenters. The van der Waals surface area contributed by atoms with Crippen molar-refractivity contribution in [3.05, 3.63) is 84.0 Å². The van der Waals surface area contributed by atoms with E-state index in [1.807, 2.05) is 54.6 Å². The molecule has 0 aliphatic heterocycles. The van der Waals surface area contributed by atoms with Gasteiger partial charge in [-0.3, -0.25) is 14.8 Å². The number of carbonyl (C=O) groups is 1. The average molecular weight is 370 g/mol. The number of benzene rings is 1. The van der Waals surface area contributed by atoms with Crippen molar-refractivity contribution in [3.63, 3.8) is 0 Å². The number of nitrogens with zero attached hydrogens (tertiary/aromatic N) is 4. The number of ketones is 1. The molecule has 0 aliphatic carbocycles. The number of rotatable bonds is 6. The van der Waals surface area contributed by atoms with E-state index in [4.69, 9.17) is 4.52 Å². The first-order valence-corrected chi connectivity index (χ1v) is 8.95. The lowest BCUT2D eigenvalue weighted by Crippen LogP contribution is -2.06. The Morgan fingerprint density at radius 1 is 0.929 bits per heavy atom. The number of aryl methyl sites for hydroxylation is 1. The third-order valence-electron chi connectivity index (χ3n) is 4.28. The minimum Gasteiger partial charge on any atom is -0.339 e. The first-order valence-electron chi connectivity index (χ1n) is 8.95. The molecule has 6 nitrogen and oxygen atoms in total. The van der Waals surface area contributed by atoms with Crippen molar-refractivity contribution in [3.8, 4) is 22.8 Å². The Balaban J connectivity index is 1.47. The molecule has 0 fully saturated rings. The van der Waals surface area contributed by atoms with Crippen LogP contribution < -0.4 is 0 Å². The van der Waals surface area contributed by atoms with Crippen molar-refractivity contribution >= 4 is 5.78 Å². The quantitative estimate of drug-likeness (QED) is 0.513. The Bertz CT molecular complexity index is 1090. The maximum absolute atomic E-state index is 12.3. The third-order valence-corrected chi connectivity index (χ3v) is 4.28. The molecule has 3 aromatic heterocycles. The first-order chi connectivity index (χ1) is 13.7.